The van der Waals surface area contributed by atoms with Crippen LogP contribution in [0.25, 0.3) is 0 Å². The number of hydrogen-bond acceptors (Lipinski definition) is 7. The Labute approximate surface area is 199 Å². The predicted octanol–water partition coefficient (Wildman–Crippen LogP) is 6.26. The third-order valence-electron chi connectivity index (χ3n) is 4.49. The molecule has 0 atom stereocenters. The van der Waals surface area contributed by atoms with E-state index in [1.165, 1.54) is 4.90 Å². The van der Waals surface area contributed by atoms with Gasteiger partial charge in [0.15, 0.2) is 11.6 Å². The van der Waals surface area contributed by atoms with Crippen molar-refractivity contribution in [3.8, 4) is 5.75 Å². The Morgan fingerprint density at radius 3 is 2.50 bits per heavy atom. The molecule has 0 radical (unpaired) electrons. The summed E-state index contributed by atoms with van der Waals surface area (Å²) in [6.07, 6.45) is 1.53. The van der Waals surface area contributed by atoms with Crippen molar-refractivity contribution in [1.82, 2.24) is 9.97 Å². The normalized spacial score (nSPS) is 11.0. The molecule has 0 unspecified atom stereocenters. The highest BCUT2D eigenvalue weighted by Gasteiger charge is 2.20. The fourth-order valence-corrected chi connectivity index (χ4v) is 2.86. The summed E-state index contributed by atoms with van der Waals surface area (Å²) in [5, 5.41) is 6.00. The molecule has 3 aromatic rings. The number of carbonyl (C=O) groups is 1. The highest BCUT2D eigenvalue weighted by molar-refractivity contribution is 5.88. The maximum atomic E-state index is 14.4. The van der Waals surface area contributed by atoms with Gasteiger partial charge in [0.2, 0.25) is 5.95 Å². The van der Waals surface area contributed by atoms with E-state index < -0.39 is 17.5 Å². The Morgan fingerprint density at radius 2 is 1.82 bits per heavy atom. The zero-order valence-corrected chi connectivity index (χ0v) is 20.1. The van der Waals surface area contributed by atoms with Gasteiger partial charge in [-0.2, -0.15) is 4.98 Å². The van der Waals surface area contributed by atoms with E-state index in [1.54, 1.807) is 52.1 Å². The molecule has 0 bridgehead atoms. The van der Waals surface area contributed by atoms with Crippen molar-refractivity contribution in [2.24, 2.45) is 0 Å². The number of nitrogens with zero attached hydrogens (tertiary/aromatic N) is 3. The number of benzene rings is 2. The molecule has 2 aromatic carbocycles. The van der Waals surface area contributed by atoms with Crippen LogP contribution in [0.15, 0.2) is 54.7 Å². The van der Waals surface area contributed by atoms with Gasteiger partial charge in [-0.25, -0.2) is 14.2 Å². The molecule has 9 heteroatoms. The SMILES string of the molecule is CCCOc1ccc(Nc2ncc(F)c(Nc3cccc(N(C)C(=O)OC(C)(C)C)c3)n2)cc1. The zero-order chi connectivity index (χ0) is 24.7. The minimum absolute atomic E-state index is 0.00234. The lowest BCUT2D eigenvalue weighted by Gasteiger charge is -2.25. The summed E-state index contributed by atoms with van der Waals surface area (Å²) in [7, 11) is 1.61. The molecule has 1 amide bonds. The fraction of sp³-hybridized carbons (Fsp3) is 0.320. The van der Waals surface area contributed by atoms with Gasteiger partial charge in [-0.3, -0.25) is 4.90 Å². The van der Waals surface area contributed by atoms with Gasteiger partial charge in [-0.05, 0) is 69.7 Å². The molecule has 0 aliphatic heterocycles. The van der Waals surface area contributed by atoms with Crippen molar-refractivity contribution in [2.75, 3.05) is 29.2 Å². The minimum atomic E-state index is -0.614. The van der Waals surface area contributed by atoms with Crippen molar-refractivity contribution < 1.29 is 18.7 Å². The quantitative estimate of drug-likeness (QED) is 0.404. The number of halogens is 1. The Hall–Kier alpha value is -3.88. The molecule has 0 aliphatic rings. The molecule has 0 spiro atoms. The largest absolute Gasteiger partial charge is 0.494 e. The highest BCUT2D eigenvalue weighted by atomic mass is 19.1. The van der Waals surface area contributed by atoms with Gasteiger partial charge >= 0.3 is 6.09 Å². The minimum Gasteiger partial charge on any atom is -0.494 e. The summed E-state index contributed by atoms with van der Waals surface area (Å²) < 4.78 is 25.4. The smallest absolute Gasteiger partial charge is 0.414 e. The van der Waals surface area contributed by atoms with Crippen molar-refractivity contribution in [1.29, 1.82) is 0 Å². The van der Waals surface area contributed by atoms with Gasteiger partial charge in [0.05, 0.1) is 12.8 Å². The summed E-state index contributed by atoms with van der Waals surface area (Å²) in [4.78, 5) is 22.0. The molecular formula is C25H30FN5O3. The predicted molar refractivity (Wildman–Crippen MR) is 132 cm³/mol. The van der Waals surface area contributed by atoms with E-state index in [-0.39, 0.29) is 11.8 Å². The summed E-state index contributed by atoms with van der Waals surface area (Å²) in [5.41, 5.74) is 1.26. The number of ether oxygens (including phenoxy) is 2. The lowest BCUT2D eigenvalue weighted by Crippen LogP contribution is -2.34. The van der Waals surface area contributed by atoms with E-state index in [9.17, 15) is 9.18 Å². The summed E-state index contributed by atoms with van der Waals surface area (Å²) in [6, 6.07) is 14.3. The Morgan fingerprint density at radius 1 is 1.09 bits per heavy atom. The summed E-state index contributed by atoms with van der Waals surface area (Å²) in [6.45, 7) is 8.10. The van der Waals surface area contributed by atoms with Crippen molar-refractivity contribution >= 4 is 34.9 Å². The van der Waals surface area contributed by atoms with E-state index in [1.807, 2.05) is 31.2 Å². The average molecular weight is 468 g/mol. The van der Waals surface area contributed by atoms with Crippen LogP contribution in [-0.4, -0.2) is 35.3 Å². The van der Waals surface area contributed by atoms with Gasteiger partial charge in [0.1, 0.15) is 11.4 Å². The fourth-order valence-electron chi connectivity index (χ4n) is 2.86. The molecule has 1 heterocycles. The van der Waals surface area contributed by atoms with Crippen LogP contribution in [-0.2, 0) is 4.74 Å². The van der Waals surface area contributed by atoms with Crippen LogP contribution in [0.2, 0.25) is 0 Å². The molecule has 180 valence electrons. The van der Waals surface area contributed by atoms with E-state index >= 15 is 0 Å². The van der Waals surface area contributed by atoms with Crippen LogP contribution in [0.4, 0.5) is 38.0 Å². The molecule has 3 rings (SSSR count). The Balaban J connectivity index is 1.72. The number of nitrogens with one attached hydrogen (secondary N) is 2. The van der Waals surface area contributed by atoms with Gasteiger partial charge in [0.25, 0.3) is 0 Å². The number of hydrogen-bond donors (Lipinski definition) is 2. The first-order valence-electron chi connectivity index (χ1n) is 11.0. The molecule has 1 aromatic heterocycles. The van der Waals surface area contributed by atoms with E-state index in [0.29, 0.717) is 18.0 Å². The summed E-state index contributed by atoms with van der Waals surface area (Å²) in [5.74, 6) is 0.386. The number of rotatable bonds is 8. The van der Waals surface area contributed by atoms with Crippen LogP contribution in [0, 0.1) is 5.82 Å². The van der Waals surface area contributed by atoms with Crippen molar-refractivity contribution in [2.45, 2.75) is 39.7 Å². The maximum absolute atomic E-state index is 14.4. The second kappa shape index (κ2) is 10.8. The van der Waals surface area contributed by atoms with Crippen molar-refractivity contribution in [3.63, 3.8) is 0 Å². The Bertz CT molecular complexity index is 1120. The highest BCUT2D eigenvalue weighted by Crippen LogP contribution is 2.25. The number of anilines is 5. The van der Waals surface area contributed by atoms with E-state index in [2.05, 4.69) is 20.6 Å². The average Bonchev–Trinajstić information content (AvgIpc) is 2.79. The number of aromatic nitrogens is 2. The maximum Gasteiger partial charge on any atom is 0.414 e. The molecule has 2 N–H and O–H groups in total. The number of carbonyl (C=O) groups excluding carboxylic acids is 1. The first-order chi connectivity index (χ1) is 16.1. The van der Waals surface area contributed by atoms with Crippen LogP contribution < -0.4 is 20.3 Å². The first-order valence-corrected chi connectivity index (χ1v) is 11.0. The van der Waals surface area contributed by atoms with Crippen molar-refractivity contribution in [3.05, 3.63) is 60.5 Å². The molecule has 0 aliphatic carbocycles. The lowest BCUT2D eigenvalue weighted by molar-refractivity contribution is 0.0589. The zero-order valence-electron chi connectivity index (χ0n) is 20.1. The van der Waals surface area contributed by atoms with Gasteiger partial charge < -0.3 is 20.1 Å². The lowest BCUT2D eigenvalue weighted by atomic mass is 10.2. The topological polar surface area (TPSA) is 88.6 Å². The van der Waals surface area contributed by atoms with Gasteiger partial charge in [0, 0.05) is 24.1 Å². The third kappa shape index (κ3) is 7.06. The second-order valence-electron chi connectivity index (χ2n) is 8.60. The van der Waals surface area contributed by atoms with Gasteiger partial charge in [-0.15, -0.1) is 0 Å². The van der Waals surface area contributed by atoms with Crippen LogP contribution in [0.3, 0.4) is 0 Å². The van der Waals surface area contributed by atoms with E-state index in [0.717, 1.165) is 24.1 Å². The van der Waals surface area contributed by atoms with E-state index in [4.69, 9.17) is 9.47 Å². The third-order valence-corrected chi connectivity index (χ3v) is 4.49. The first kappa shape index (κ1) is 24.8. The van der Waals surface area contributed by atoms with Crippen LogP contribution >= 0.6 is 0 Å². The summed E-state index contributed by atoms with van der Waals surface area (Å²) >= 11 is 0. The molecular weight excluding hydrogens is 437 g/mol. The van der Waals surface area contributed by atoms with Gasteiger partial charge in [-0.1, -0.05) is 13.0 Å². The molecule has 34 heavy (non-hydrogen) atoms. The monoisotopic (exact) mass is 467 g/mol. The second-order valence-corrected chi connectivity index (χ2v) is 8.60. The molecule has 0 saturated heterocycles. The molecule has 0 saturated carbocycles. The Kier molecular flexibility index (Phi) is 7.88. The van der Waals surface area contributed by atoms with Crippen LogP contribution in [0.5, 0.6) is 5.75 Å². The number of amides is 1. The molecule has 8 nitrogen and oxygen atoms in total. The van der Waals surface area contributed by atoms with Crippen LogP contribution in [0.1, 0.15) is 34.1 Å². The standard InChI is InChI=1S/C25H30FN5O3/c1-6-14-33-20-12-10-17(11-13-20)29-23-27-16-21(26)22(30-23)28-18-8-7-9-19(15-18)31(5)24(32)34-25(2,3)4/h7-13,15-16H,6,14H2,1-5H3,(H2,27,28,29,30). The molecule has 0 fully saturated rings.